The molecule has 0 unspecified atom stereocenters. The zero-order valence-electron chi connectivity index (χ0n) is 10.7. The minimum Gasteiger partial charge on any atom is -0.481 e. The molecule has 1 aromatic heterocycles. The first-order valence-corrected chi connectivity index (χ1v) is 6.57. The van der Waals surface area contributed by atoms with Crippen LogP contribution in [0.25, 0.3) is 0 Å². The summed E-state index contributed by atoms with van der Waals surface area (Å²) in [7, 11) is 0. The maximum atomic E-state index is 11.9. The van der Waals surface area contributed by atoms with Gasteiger partial charge in [-0.1, -0.05) is 6.07 Å². The van der Waals surface area contributed by atoms with Crippen molar-refractivity contribution >= 4 is 11.9 Å². The van der Waals surface area contributed by atoms with Crippen molar-refractivity contribution < 1.29 is 14.7 Å². The highest BCUT2D eigenvalue weighted by Gasteiger charge is 2.33. The van der Waals surface area contributed by atoms with Crippen LogP contribution >= 0.6 is 0 Å². The van der Waals surface area contributed by atoms with E-state index in [1.807, 2.05) is 18.2 Å². The van der Waals surface area contributed by atoms with Gasteiger partial charge in [0.15, 0.2) is 0 Å². The summed E-state index contributed by atoms with van der Waals surface area (Å²) in [5, 5.41) is 11.8. The largest absolute Gasteiger partial charge is 0.481 e. The van der Waals surface area contributed by atoms with Crippen molar-refractivity contribution in [1.82, 2.24) is 10.3 Å². The van der Waals surface area contributed by atoms with Gasteiger partial charge < -0.3 is 10.4 Å². The summed E-state index contributed by atoms with van der Waals surface area (Å²) < 4.78 is 0. The van der Waals surface area contributed by atoms with Crippen LogP contribution in [0.15, 0.2) is 24.4 Å². The number of carbonyl (C=O) groups is 2. The molecule has 1 aromatic rings. The Morgan fingerprint density at radius 2 is 2.11 bits per heavy atom. The SMILES string of the molecule is O=C(O)[C@H]1CC[C@@H](C(=O)NCCc2ccccn2)C1. The summed E-state index contributed by atoms with van der Waals surface area (Å²) in [5.41, 5.74) is 0.942. The Hall–Kier alpha value is -1.91. The van der Waals surface area contributed by atoms with E-state index in [2.05, 4.69) is 10.3 Å². The van der Waals surface area contributed by atoms with Gasteiger partial charge in [-0.2, -0.15) is 0 Å². The molecule has 2 atom stereocenters. The van der Waals surface area contributed by atoms with E-state index < -0.39 is 5.97 Å². The molecule has 0 aromatic carbocycles. The number of hydrogen-bond donors (Lipinski definition) is 2. The normalized spacial score (nSPS) is 22.1. The molecule has 1 fully saturated rings. The maximum Gasteiger partial charge on any atom is 0.306 e. The summed E-state index contributed by atoms with van der Waals surface area (Å²) in [6, 6.07) is 5.69. The Labute approximate surface area is 112 Å². The lowest BCUT2D eigenvalue weighted by Gasteiger charge is -2.10. The lowest BCUT2D eigenvalue weighted by atomic mass is 10.0. The molecule has 0 saturated heterocycles. The molecular formula is C14H18N2O3. The van der Waals surface area contributed by atoms with Gasteiger partial charge in [0, 0.05) is 30.8 Å². The molecule has 1 amide bonds. The molecule has 0 aliphatic heterocycles. The maximum absolute atomic E-state index is 11.9. The number of pyridine rings is 1. The van der Waals surface area contributed by atoms with E-state index in [1.165, 1.54) is 0 Å². The third-order valence-corrected chi connectivity index (χ3v) is 3.56. The average Bonchev–Trinajstić information content (AvgIpc) is 2.89. The van der Waals surface area contributed by atoms with Gasteiger partial charge in [0.1, 0.15) is 0 Å². The topological polar surface area (TPSA) is 79.3 Å². The molecule has 1 aliphatic rings. The van der Waals surface area contributed by atoms with E-state index in [0.29, 0.717) is 32.2 Å². The van der Waals surface area contributed by atoms with E-state index in [4.69, 9.17) is 5.11 Å². The first kappa shape index (κ1) is 13.5. The molecule has 0 bridgehead atoms. The number of carbonyl (C=O) groups excluding carboxylic acids is 1. The summed E-state index contributed by atoms with van der Waals surface area (Å²) >= 11 is 0. The van der Waals surface area contributed by atoms with Crippen LogP contribution in [0.1, 0.15) is 25.0 Å². The van der Waals surface area contributed by atoms with E-state index in [-0.39, 0.29) is 17.7 Å². The Bertz CT molecular complexity index is 447. The molecule has 1 heterocycles. The van der Waals surface area contributed by atoms with Crippen molar-refractivity contribution in [2.24, 2.45) is 11.8 Å². The zero-order valence-corrected chi connectivity index (χ0v) is 10.7. The van der Waals surface area contributed by atoms with Crippen LogP contribution in [0.2, 0.25) is 0 Å². The van der Waals surface area contributed by atoms with E-state index in [9.17, 15) is 9.59 Å². The van der Waals surface area contributed by atoms with Crippen LogP contribution in [-0.2, 0) is 16.0 Å². The monoisotopic (exact) mass is 262 g/mol. The van der Waals surface area contributed by atoms with Gasteiger partial charge in [-0.05, 0) is 31.4 Å². The van der Waals surface area contributed by atoms with Crippen molar-refractivity contribution in [1.29, 1.82) is 0 Å². The number of carboxylic acids is 1. The minimum atomic E-state index is -0.788. The zero-order chi connectivity index (χ0) is 13.7. The van der Waals surface area contributed by atoms with Gasteiger partial charge in [-0.3, -0.25) is 14.6 Å². The lowest BCUT2D eigenvalue weighted by Crippen LogP contribution is -2.31. The fraction of sp³-hybridized carbons (Fsp3) is 0.500. The van der Waals surface area contributed by atoms with Crippen LogP contribution in [0.4, 0.5) is 0 Å². The first-order valence-electron chi connectivity index (χ1n) is 6.57. The highest BCUT2D eigenvalue weighted by Crippen LogP contribution is 2.30. The Morgan fingerprint density at radius 1 is 1.32 bits per heavy atom. The van der Waals surface area contributed by atoms with Crippen molar-refractivity contribution in [2.45, 2.75) is 25.7 Å². The lowest BCUT2D eigenvalue weighted by molar-refractivity contribution is -0.141. The number of rotatable bonds is 5. The van der Waals surface area contributed by atoms with Crippen LogP contribution in [0.3, 0.4) is 0 Å². The minimum absolute atomic E-state index is 0.0281. The second-order valence-electron chi connectivity index (χ2n) is 4.91. The third-order valence-electron chi connectivity index (χ3n) is 3.56. The second-order valence-corrected chi connectivity index (χ2v) is 4.91. The molecule has 2 rings (SSSR count). The molecule has 5 nitrogen and oxygen atoms in total. The van der Waals surface area contributed by atoms with Crippen molar-refractivity contribution in [2.75, 3.05) is 6.54 Å². The van der Waals surface area contributed by atoms with Gasteiger partial charge >= 0.3 is 5.97 Å². The molecule has 19 heavy (non-hydrogen) atoms. The van der Waals surface area contributed by atoms with Crippen molar-refractivity contribution in [3.8, 4) is 0 Å². The Balaban J connectivity index is 1.72. The Kier molecular flexibility index (Phi) is 4.49. The fourth-order valence-electron chi connectivity index (χ4n) is 2.45. The summed E-state index contributed by atoms with van der Waals surface area (Å²) in [6.07, 6.45) is 4.16. The molecule has 0 radical (unpaired) electrons. The van der Waals surface area contributed by atoms with Gasteiger partial charge in [0.25, 0.3) is 0 Å². The molecule has 2 N–H and O–H groups in total. The molecular weight excluding hydrogens is 244 g/mol. The van der Waals surface area contributed by atoms with Crippen LogP contribution in [0, 0.1) is 11.8 Å². The predicted molar refractivity (Wildman–Crippen MR) is 69.4 cm³/mol. The molecule has 102 valence electrons. The highest BCUT2D eigenvalue weighted by atomic mass is 16.4. The van der Waals surface area contributed by atoms with Gasteiger partial charge in [-0.25, -0.2) is 0 Å². The first-order chi connectivity index (χ1) is 9.16. The average molecular weight is 262 g/mol. The predicted octanol–water partition coefficient (Wildman–Crippen LogP) is 1.24. The van der Waals surface area contributed by atoms with Crippen LogP contribution in [-0.4, -0.2) is 28.5 Å². The smallest absolute Gasteiger partial charge is 0.306 e. The summed E-state index contributed by atoms with van der Waals surface area (Å²) in [5.74, 6) is -1.32. The van der Waals surface area contributed by atoms with E-state index in [1.54, 1.807) is 6.20 Å². The third kappa shape index (κ3) is 3.77. The number of nitrogens with zero attached hydrogens (tertiary/aromatic N) is 1. The van der Waals surface area contributed by atoms with Gasteiger partial charge in [0.05, 0.1) is 5.92 Å². The summed E-state index contributed by atoms with van der Waals surface area (Å²) in [4.78, 5) is 26.9. The quantitative estimate of drug-likeness (QED) is 0.836. The fourth-order valence-corrected chi connectivity index (χ4v) is 2.45. The van der Waals surface area contributed by atoms with E-state index in [0.717, 1.165) is 5.69 Å². The van der Waals surface area contributed by atoms with Crippen molar-refractivity contribution in [3.05, 3.63) is 30.1 Å². The number of hydrogen-bond acceptors (Lipinski definition) is 3. The molecule has 5 heteroatoms. The standard InChI is InChI=1S/C14H18N2O3/c17-13(10-4-5-11(9-10)14(18)19)16-8-6-12-3-1-2-7-15-12/h1-3,7,10-11H,4-6,8-9H2,(H,16,17)(H,18,19)/t10-,11+/m1/s1. The van der Waals surface area contributed by atoms with Crippen molar-refractivity contribution in [3.63, 3.8) is 0 Å². The second kappa shape index (κ2) is 6.31. The molecule has 1 aliphatic carbocycles. The number of amides is 1. The van der Waals surface area contributed by atoms with Gasteiger partial charge in [0.2, 0.25) is 5.91 Å². The number of nitrogens with one attached hydrogen (secondary N) is 1. The number of carboxylic acid groups (broad SMARTS) is 1. The summed E-state index contributed by atoms with van der Waals surface area (Å²) in [6.45, 7) is 0.546. The molecule has 1 saturated carbocycles. The molecule has 0 spiro atoms. The number of aliphatic carboxylic acids is 1. The van der Waals surface area contributed by atoms with Crippen LogP contribution < -0.4 is 5.32 Å². The number of aromatic nitrogens is 1. The van der Waals surface area contributed by atoms with E-state index >= 15 is 0 Å². The highest BCUT2D eigenvalue weighted by molar-refractivity contribution is 5.80. The van der Waals surface area contributed by atoms with Gasteiger partial charge in [-0.15, -0.1) is 0 Å². The Morgan fingerprint density at radius 3 is 2.74 bits per heavy atom. The van der Waals surface area contributed by atoms with Crippen LogP contribution in [0.5, 0.6) is 0 Å².